The Hall–Kier alpha value is -1.31. The SMILES string of the molecule is CCS(=O)(=O)NC1CCCCC1COc1cccc(N2CCOCC2)c1. The maximum Gasteiger partial charge on any atom is 0.211 e. The van der Waals surface area contributed by atoms with Crippen LogP contribution < -0.4 is 14.4 Å². The summed E-state index contributed by atoms with van der Waals surface area (Å²) in [6.45, 7) is 5.52. The molecule has 1 aromatic carbocycles. The molecule has 2 aliphatic rings. The van der Waals surface area contributed by atoms with E-state index in [4.69, 9.17) is 9.47 Å². The Morgan fingerprint density at radius 3 is 2.77 bits per heavy atom. The van der Waals surface area contributed by atoms with Crippen LogP contribution in [0, 0.1) is 5.92 Å². The van der Waals surface area contributed by atoms with Crippen LogP contribution in [0.4, 0.5) is 5.69 Å². The molecular formula is C19H30N2O4S. The molecule has 1 saturated carbocycles. The average molecular weight is 383 g/mol. The second kappa shape index (κ2) is 9.06. The van der Waals surface area contributed by atoms with Gasteiger partial charge in [0.25, 0.3) is 0 Å². The Balaban J connectivity index is 1.60. The lowest BCUT2D eigenvalue weighted by molar-refractivity contribution is 0.122. The van der Waals surface area contributed by atoms with Crippen LogP contribution in [0.25, 0.3) is 0 Å². The first kappa shape index (κ1) is 19.5. The minimum atomic E-state index is -3.18. The van der Waals surface area contributed by atoms with E-state index in [1.165, 1.54) is 0 Å². The van der Waals surface area contributed by atoms with Crippen molar-refractivity contribution in [1.82, 2.24) is 4.72 Å². The Kier molecular flexibility index (Phi) is 6.78. The van der Waals surface area contributed by atoms with Crippen molar-refractivity contribution in [2.45, 2.75) is 38.6 Å². The van der Waals surface area contributed by atoms with Crippen molar-refractivity contribution in [2.75, 3.05) is 43.6 Å². The van der Waals surface area contributed by atoms with Gasteiger partial charge in [-0.1, -0.05) is 18.9 Å². The van der Waals surface area contributed by atoms with Gasteiger partial charge in [-0.2, -0.15) is 0 Å². The second-order valence-electron chi connectivity index (χ2n) is 7.08. The fourth-order valence-corrected chi connectivity index (χ4v) is 4.61. The summed E-state index contributed by atoms with van der Waals surface area (Å²) in [5.74, 6) is 1.19. The molecule has 0 bridgehead atoms. The van der Waals surface area contributed by atoms with Gasteiger partial charge in [-0.15, -0.1) is 0 Å². The van der Waals surface area contributed by atoms with Crippen molar-refractivity contribution in [2.24, 2.45) is 5.92 Å². The Morgan fingerprint density at radius 1 is 1.23 bits per heavy atom. The number of ether oxygens (including phenoxy) is 2. The molecule has 1 N–H and O–H groups in total. The average Bonchev–Trinajstić information content (AvgIpc) is 2.68. The van der Waals surface area contributed by atoms with Crippen molar-refractivity contribution in [3.63, 3.8) is 0 Å². The molecule has 1 heterocycles. The maximum atomic E-state index is 11.9. The molecule has 0 amide bonds. The lowest BCUT2D eigenvalue weighted by Crippen LogP contribution is -2.44. The monoisotopic (exact) mass is 382 g/mol. The summed E-state index contributed by atoms with van der Waals surface area (Å²) >= 11 is 0. The van der Waals surface area contributed by atoms with Gasteiger partial charge < -0.3 is 14.4 Å². The zero-order valence-corrected chi connectivity index (χ0v) is 16.3. The van der Waals surface area contributed by atoms with Gasteiger partial charge in [0, 0.05) is 36.8 Å². The second-order valence-corrected chi connectivity index (χ2v) is 9.12. The van der Waals surface area contributed by atoms with Gasteiger partial charge in [0.1, 0.15) is 5.75 Å². The van der Waals surface area contributed by atoms with Gasteiger partial charge in [-0.05, 0) is 31.9 Å². The molecular weight excluding hydrogens is 352 g/mol. The highest BCUT2D eigenvalue weighted by Crippen LogP contribution is 2.27. The fraction of sp³-hybridized carbons (Fsp3) is 0.684. The van der Waals surface area contributed by atoms with E-state index in [0.29, 0.717) is 6.61 Å². The number of sulfonamides is 1. The van der Waals surface area contributed by atoms with Crippen molar-refractivity contribution < 1.29 is 17.9 Å². The van der Waals surface area contributed by atoms with Gasteiger partial charge in [-0.3, -0.25) is 0 Å². The summed E-state index contributed by atoms with van der Waals surface area (Å²) in [7, 11) is -3.18. The van der Waals surface area contributed by atoms with E-state index in [1.54, 1.807) is 6.92 Å². The minimum Gasteiger partial charge on any atom is -0.493 e. The molecule has 6 nitrogen and oxygen atoms in total. The molecule has 0 aromatic heterocycles. The lowest BCUT2D eigenvalue weighted by Gasteiger charge is -2.32. The highest BCUT2D eigenvalue weighted by molar-refractivity contribution is 7.89. The molecule has 1 saturated heterocycles. The van der Waals surface area contributed by atoms with Crippen LogP contribution >= 0.6 is 0 Å². The van der Waals surface area contributed by atoms with Crippen LogP contribution in [0.3, 0.4) is 0 Å². The molecule has 26 heavy (non-hydrogen) atoms. The first-order valence-electron chi connectivity index (χ1n) is 9.63. The Bertz CT molecular complexity index is 674. The van der Waals surface area contributed by atoms with Gasteiger partial charge in [-0.25, -0.2) is 13.1 Å². The number of morpholine rings is 1. The molecule has 0 spiro atoms. The fourth-order valence-electron chi connectivity index (χ4n) is 3.67. The van der Waals surface area contributed by atoms with Crippen molar-refractivity contribution >= 4 is 15.7 Å². The summed E-state index contributed by atoms with van der Waals surface area (Å²) < 4.78 is 38.2. The lowest BCUT2D eigenvalue weighted by atomic mass is 9.86. The normalized spacial score (nSPS) is 24.4. The van der Waals surface area contributed by atoms with Crippen LogP contribution in [-0.2, 0) is 14.8 Å². The molecule has 1 aliphatic heterocycles. The van der Waals surface area contributed by atoms with Crippen LogP contribution in [0.1, 0.15) is 32.6 Å². The first-order chi connectivity index (χ1) is 12.6. The highest BCUT2D eigenvalue weighted by atomic mass is 32.2. The van der Waals surface area contributed by atoms with Gasteiger partial charge in [0.2, 0.25) is 10.0 Å². The highest BCUT2D eigenvalue weighted by Gasteiger charge is 2.28. The van der Waals surface area contributed by atoms with E-state index < -0.39 is 10.0 Å². The Morgan fingerprint density at radius 2 is 2.00 bits per heavy atom. The zero-order chi connectivity index (χ0) is 18.4. The minimum absolute atomic E-state index is 0.0175. The predicted octanol–water partition coefficient (Wildman–Crippen LogP) is 2.40. The van der Waals surface area contributed by atoms with E-state index in [0.717, 1.165) is 63.4 Å². The summed E-state index contributed by atoms with van der Waals surface area (Å²) in [4.78, 5) is 2.30. The van der Waals surface area contributed by atoms with Crippen molar-refractivity contribution in [3.8, 4) is 5.75 Å². The number of hydrogen-bond acceptors (Lipinski definition) is 5. The first-order valence-corrected chi connectivity index (χ1v) is 11.3. The number of benzene rings is 1. The molecule has 1 aliphatic carbocycles. The summed E-state index contributed by atoms with van der Waals surface area (Å²) in [6, 6.07) is 8.13. The molecule has 7 heteroatoms. The standard InChI is InChI=1S/C19H30N2O4S/c1-2-26(22,23)20-19-9-4-3-6-16(19)15-25-18-8-5-7-17(14-18)21-10-12-24-13-11-21/h5,7-8,14,16,19-20H,2-4,6,9-13,15H2,1H3. The molecule has 3 rings (SSSR count). The van der Waals surface area contributed by atoms with E-state index in [1.807, 2.05) is 12.1 Å². The molecule has 2 unspecified atom stereocenters. The van der Waals surface area contributed by atoms with Crippen molar-refractivity contribution in [1.29, 1.82) is 0 Å². The van der Waals surface area contributed by atoms with Gasteiger partial charge in [0.05, 0.1) is 25.6 Å². The van der Waals surface area contributed by atoms with Crippen LogP contribution in [0.15, 0.2) is 24.3 Å². The third kappa shape index (κ3) is 5.34. The Labute approximate surface area is 156 Å². The number of nitrogens with one attached hydrogen (secondary N) is 1. The smallest absolute Gasteiger partial charge is 0.211 e. The van der Waals surface area contributed by atoms with Crippen LogP contribution in [0.2, 0.25) is 0 Å². The number of anilines is 1. The van der Waals surface area contributed by atoms with E-state index >= 15 is 0 Å². The maximum absolute atomic E-state index is 11.9. The summed E-state index contributed by atoms with van der Waals surface area (Å²) in [5, 5.41) is 0. The number of rotatable bonds is 7. The van der Waals surface area contributed by atoms with Crippen LogP contribution in [0.5, 0.6) is 5.75 Å². The molecule has 2 atom stereocenters. The van der Waals surface area contributed by atoms with E-state index in [-0.39, 0.29) is 17.7 Å². The van der Waals surface area contributed by atoms with E-state index in [2.05, 4.69) is 21.8 Å². The zero-order valence-electron chi connectivity index (χ0n) is 15.5. The largest absolute Gasteiger partial charge is 0.493 e. The summed E-state index contributed by atoms with van der Waals surface area (Å²) in [6.07, 6.45) is 4.09. The number of hydrogen-bond donors (Lipinski definition) is 1. The van der Waals surface area contributed by atoms with E-state index in [9.17, 15) is 8.42 Å². The van der Waals surface area contributed by atoms with Crippen LogP contribution in [-0.4, -0.2) is 53.1 Å². The topological polar surface area (TPSA) is 67.9 Å². The van der Waals surface area contributed by atoms with Crippen molar-refractivity contribution in [3.05, 3.63) is 24.3 Å². The quantitative estimate of drug-likeness (QED) is 0.784. The third-order valence-electron chi connectivity index (χ3n) is 5.28. The van der Waals surface area contributed by atoms with Gasteiger partial charge >= 0.3 is 0 Å². The predicted molar refractivity (Wildman–Crippen MR) is 103 cm³/mol. The molecule has 146 valence electrons. The molecule has 2 fully saturated rings. The third-order valence-corrected chi connectivity index (χ3v) is 6.70. The summed E-state index contributed by atoms with van der Waals surface area (Å²) in [5.41, 5.74) is 1.15. The molecule has 0 radical (unpaired) electrons. The number of nitrogens with zero attached hydrogens (tertiary/aromatic N) is 1. The molecule has 1 aromatic rings. The van der Waals surface area contributed by atoms with Gasteiger partial charge in [0.15, 0.2) is 0 Å².